The predicted octanol–water partition coefficient (Wildman–Crippen LogP) is 1.09. The molecule has 2 fully saturated rings. The van der Waals surface area contributed by atoms with Crippen LogP contribution in [0.25, 0.3) is 6.08 Å². The minimum absolute atomic E-state index is 0.00478. The zero-order chi connectivity index (χ0) is 18.7. The maximum absolute atomic E-state index is 12.4. The van der Waals surface area contributed by atoms with Gasteiger partial charge in [-0.25, -0.2) is 0 Å². The zero-order valence-electron chi connectivity index (χ0n) is 14.6. The summed E-state index contributed by atoms with van der Waals surface area (Å²) in [6, 6.07) is 6.65. The molecular formula is C19H21N3O4. The first-order valence-corrected chi connectivity index (χ1v) is 8.72. The van der Waals surface area contributed by atoms with Gasteiger partial charge in [0, 0.05) is 31.3 Å². The Labute approximate surface area is 151 Å². The van der Waals surface area contributed by atoms with Gasteiger partial charge in [-0.15, -0.1) is 0 Å². The fourth-order valence-corrected chi connectivity index (χ4v) is 3.27. The van der Waals surface area contributed by atoms with Crippen LogP contribution in [0.4, 0.5) is 5.69 Å². The molecule has 0 aliphatic carbocycles. The van der Waals surface area contributed by atoms with Crippen LogP contribution in [0.3, 0.4) is 0 Å². The lowest BCUT2D eigenvalue weighted by molar-refractivity contribution is -0.135. The van der Waals surface area contributed by atoms with E-state index in [1.807, 2.05) is 24.3 Å². The molecule has 26 heavy (non-hydrogen) atoms. The molecule has 0 radical (unpaired) electrons. The first kappa shape index (κ1) is 17.8. The summed E-state index contributed by atoms with van der Waals surface area (Å²) in [7, 11) is 0. The second-order valence-corrected chi connectivity index (χ2v) is 6.33. The highest BCUT2D eigenvalue weighted by atomic mass is 16.2. The van der Waals surface area contributed by atoms with Gasteiger partial charge in [-0.2, -0.15) is 0 Å². The Kier molecular flexibility index (Phi) is 5.16. The number of imide groups is 1. The molecular weight excluding hydrogens is 334 g/mol. The Morgan fingerprint density at radius 1 is 1.27 bits per heavy atom. The fourth-order valence-electron chi connectivity index (χ4n) is 3.27. The Bertz CT molecular complexity index is 769. The molecule has 7 nitrogen and oxygen atoms in total. The van der Waals surface area contributed by atoms with Gasteiger partial charge in [-0.05, 0) is 37.1 Å². The van der Waals surface area contributed by atoms with Crippen molar-refractivity contribution >= 4 is 35.4 Å². The third-order valence-corrected chi connectivity index (χ3v) is 4.64. The smallest absolute Gasteiger partial charge is 0.249 e. The second kappa shape index (κ2) is 7.51. The Balaban J connectivity index is 1.66. The number of hydrogen-bond acceptors (Lipinski definition) is 4. The van der Waals surface area contributed by atoms with E-state index >= 15 is 0 Å². The van der Waals surface area contributed by atoms with E-state index in [-0.39, 0.29) is 24.1 Å². The van der Waals surface area contributed by atoms with Gasteiger partial charge >= 0.3 is 0 Å². The molecule has 4 amide bonds. The van der Waals surface area contributed by atoms with Crippen LogP contribution in [-0.2, 0) is 19.2 Å². The third kappa shape index (κ3) is 3.66. The van der Waals surface area contributed by atoms with E-state index in [9.17, 15) is 19.2 Å². The van der Waals surface area contributed by atoms with E-state index in [4.69, 9.17) is 0 Å². The van der Waals surface area contributed by atoms with Crippen molar-refractivity contribution in [3.05, 3.63) is 35.9 Å². The summed E-state index contributed by atoms with van der Waals surface area (Å²) in [5, 5.41) is 2.22. The summed E-state index contributed by atoms with van der Waals surface area (Å²) in [4.78, 5) is 50.4. The van der Waals surface area contributed by atoms with Gasteiger partial charge in [0.25, 0.3) is 0 Å². The summed E-state index contributed by atoms with van der Waals surface area (Å²) in [6.07, 6.45) is 4.52. The van der Waals surface area contributed by atoms with Gasteiger partial charge in [0.15, 0.2) is 0 Å². The SMILES string of the molecule is CCN(C(=O)/C=C/c1ccc(N2CCCC2=O)cc1)[C@@H]1CC(=O)NC1=O. The molecule has 0 spiro atoms. The molecule has 2 aliphatic heterocycles. The Morgan fingerprint density at radius 3 is 2.54 bits per heavy atom. The molecule has 7 heteroatoms. The zero-order valence-corrected chi connectivity index (χ0v) is 14.6. The van der Waals surface area contributed by atoms with Crippen molar-refractivity contribution in [3.63, 3.8) is 0 Å². The fraction of sp³-hybridized carbons (Fsp3) is 0.368. The summed E-state index contributed by atoms with van der Waals surface area (Å²) in [5.41, 5.74) is 1.67. The molecule has 2 heterocycles. The molecule has 0 aromatic heterocycles. The van der Waals surface area contributed by atoms with Crippen LogP contribution in [0.15, 0.2) is 30.3 Å². The molecule has 2 saturated heterocycles. The summed E-state index contributed by atoms with van der Waals surface area (Å²) in [5.74, 6) is -0.979. The lowest BCUT2D eigenvalue weighted by atomic mass is 10.1. The average molecular weight is 355 g/mol. The number of rotatable bonds is 5. The van der Waals surface area contributed by atoms with Gasteiger partial charge in [0.2, 0.25) is 23.6 Å². The summed E-state index contributed by atoms with van der Waals surface area (Å²) >= 11 is 0. The Morgan fingerprint density at radius 2 is 2.00 bits per heavy atom. The average Bonchev–Trinajstić information content (AvgIpc) is 3.19. The van der Waals surface area contributed by atoms with Crippen LogP contribution in [0.1, 0.15) is 31.7 Å². The highest BCUT2D eigenvalue weighted by Crippen LogP contribution is 2.22. The predicted molar refractivity (Wildman–Crippen MR) is 96.0 cm³/mol. The van der Waals surface area contributed by atoms with Gasteiger partial charge in [0.05, 0.1) is 6.42 Å². The number of amides is 4. The molecule has 2 aliphatic rings. The standard InChI is InChI=1S/C19H21N3O4/c1-2-21(15-12-16(23)20-19(15)26)18(25)10-7-13-5-8-14(9-6-13)22-11-3-4-17(22)24/h5-10,15H,2-4,11-12H2,1H3,(H,20,23,26)/b10-7+/t15-/m1/s1. The molecule has 3 rings (SSSR count). The van der Waals surface area contributed by atoms with Crippen molar-refractivity contribution in [2.75, 3.05) is 18.0 Å². The van der Waals surface area contributed by atoms with Crippen molar-refractivity contribution in [1.82, 2.24) is 10.2 Å². The third-order valence-electron chi connectivity index (χ3n) is 4.64. The molecule has 1 aromatic rings. The molecule has 0 bridgehead atoms. The number of benzene rings is 1. The number of carbonyl (C=O) groups is 4. The number of nitrogens with one attached hydrogen (secondary N) is 1. The van der Waals surface area contributed by atoms with Crippen LogP contribution >= 0.6 is 0 Å². The van der Waals surface area contributed by atoms with Crippen molar-refractivity contribution in [2.24, 2.45) is 0 Å². The maximum Gasteiger partial charge on any atom is 0.249 e. The second-order valence-electron chi connectivity index (χ2n) is 6.33. The number of likely N-dealkylation sites (N-methyl/N-ethyl adjacent to an activating group) is 1. The highest BCUT2D eigenvalue weighted by Gasteiger charge is 2.36. The number of carbonyl (C=O) groups excluding carboxylic acids is 4. The topological polar surface area (TPSA) is 86.8 Å². The molecule has 1 aromatic carbocycles. The summed E-state index contributed by atoms with van der Waals surface area (Å²) in [6.45, 7) is 2.84. The van der Waals surface area contributed by atoms with Crippen LogP contribution in [0.2, 0.25) is 0 Å². The summed E-state index contributed by atoms with van der Waals surface area (Å²) < 4.78 is 0. The lowest BCUT2D eigenvalue weighted by Crippen LogP contribution is -2.43. The first-order valence-electron chi connectivity index (χ1n) is 8.72. The maximum atomic E-state index is 12.4. The molecule has 0 saturated carbocycles. The van der Waals surface area contributed by atoms with Crippen molar-refractivity contribution in [2.45, 2.75) is 32.2 Å². The number of anilines is 1. The van der Waals surface area contributed by atoms with Crippen LogP contribution in [-0.4, -0.2) is 47.7 Å². The van der Waals surface area contributed by atoms with Crippen molar-refractivity contribution in [1.29, 1.82) is 0 Å². The molecule has 1 atom stereocenters. The van der Waals surface area contributed by atoms with E-state index in [2.05, 4.69) is 5.32 Å². The normalized spacial score (nSPS) is 20.1. The van der Waals surface area contributed by atoms with Gasteiger partial charge in [0.1, 0.15) is 6.04 Å². The molecule has 136 valence electrons. The van der Waals surface area contributed by atoms with Crippen molar-refractivity contribution < 1.29 is 19.2 Å². The first-order chi connectivity index (χ1) is 12.5. The van der Waals surface area contributed by atoms with E-state index in [1.165, 1.54) is 11.0 Å². The van der Waals surface area contributed by atoms with Gasteiger partial charge in [-0.3, -0.25) is 24.5 Å². The van der Waals surface area contributed by atoms with Crippen molar-refractivity contribution in [3.8, 4) is 0 Å². The monoisotopic (exact) mass is 355 g/mol. The van der Waals surface area contributed by atoms with Gasteiger partial charge in [-0.1, -0.05) is 12.1 Å². The minimum atomic E-state index is -0.742. The van der Waals surface area contributed by atoms with Crippen LogP contribution < -0.4 is 10.2 Å². The lowest BCUT2D eigenvalue weighted by Gasteiger charge is -2.23. The van der Waals surface area contributed by atoms with Gasteiger partial charge < -0.3 is 9.80 Å². The number of nitrogens with zero attached hydrogens (tertiary/aromatic N) is 2. The molecule has 1 N–H and O–H groups in total. The largest absolute Gasteiger partial charge is 0.327 e. The van der Waals surface area contributed by atoms with E-state index in [1.54, 1.807) is 17.9 Å². The minimum Gasteiger partial charge on any atom is -0.327 e. The number of hydrogen-bond donors (Lipinski definition) is 1. The van der Waals surface area contributed by atoms with E-state index in [0.29, 0.717) is 13.0 Å². The Hall–Kier alpha value is -2.96. The van der Waals surface area contributed by atoms with E-state index in [0.717, 1.165) is 24.2 Å². The molecule has 0 unspecified atom stereocenters. The van der Waals surface area contributed by atoms with E-state index < -0.39 is 11.9 Å². The van der Waals surface area contributed by atoms with Crippen LogP contribution in [0, 0.1) is 0 Å². The highest BCUT2D eigenvalue weighted by molar-refractivity contribution is 6.07. The van der Waals surface area contributed by atoms with Crippen LogP contribution in [0.5, 0.6) is 0 Å². The quantitative estimate of drug-likeness (QED) is 0.633.